The summed E-state index contributed by atoms with van der Waals surface area (Å²) < 4.78 is 11.5. The number of carbonyl (C=O) groups excluding carboxylic acids is 1. The number of aryl methyl sites for hydroxylation is 1. The fraction of sp³-hybridized carbons (Fsp3) is 0.500. The van der Waals surface area contributed by atoms with Crippen LogP contribution in [0.3, 0.4) is 0 Å². The van der Waals surface area contributed by atoms with E-state index >= 15 is 0 Å². The van der Waals surface area contributed by atoms with Crippen LogP contribution < -0.4 is 10.1 Å². The van der Waals surface area contributed by atoms with Gasteiger partial charge in [-0.1, -0.05) is 6.07 Å². The van der Waals surface area contributed by atoms with E-state index in [1.54, 1.807) is 13.3 Å². The molecule has 4 atom stereocenters. The van der Waals surface area contributed by atoms with Crippen molar-refractivity contribution in [2.45, 2.75) is 37.8 Å². The van der Waals surface area contributed by atoms with Crippen LogP contribution in [0.15, 0.2) is 42.6 Å². The van der Waals surface area contributed by atoms with Gasteiger partial charge in [-0.3, -0.25) is 4.79 Å². The average molecular weight is 408 g/mol. The highest BCUT2D eigenvalue weighted by atomic mass is 16.5. The quantitative estimate of drug-likeness (QED) is 0.842. The Bertz CT molecular complexity index is 904. The van der Waals surface area contributed by atoms with Crippen molar-refractivity contribution in [1.29, 1.82) is 0 Å². The fourth-order valence-corrected chi connectivity index (χ4v) is 5.31. The molecule has 1 aromatic carbocycles. The number of pyridine rings is 1. The fourth-order valence-electron chi connectivity index (χ4n) is 5.31. The Balaban J connectivity index is 1.28. The van der Waals surface area contributed by atoms with Gasteiger partial charge in [0.25, 0.3) is 5.91 Å². The first-order valence-corrected chi connectivity index (χ1v) is 11.0. The zero-order valence-electron chi connectivity index (χ0n) is 17.4. The number of carbonyl (C=O) groups is 1. The summed E-state index contributed by atoms with van der Waals surface area (Å²) in [4.78, 5) is 19.7. The standard InChI is InChI=1S/C24H29N3O3/c1-29-22-13-19-15-27(14-18(19)12-20(22)26-23-6-2-3-9-25-23)24(28)17-7-8-21-16(11-17)5-4-10-30-21/h2-3,6-9,11,18-20,22H,4-5,10,12-15H2,1H3,(H,25,26)/t18-,19+,20-,22-/m1/s1. The molecule has 6 nitrogen and oxygen atoms in total. The van der Waals surface area contributed by atoms with E-state index in [-0.39, 0.29) is 18.1 Å². The smallest absolute Gasteiger partial charge is 0.253 e. The van der Waals surface area contributed by atoms with Crippen LogP contribution in [0.5, 0.6) is 5.75 Å². The maximum Gasteiger partial charge on any atom is 0.253 e. The van der Waals surface area contributed by atoms with E-state index in [0.717, 1.165) is 68.1 Å². The van der Waals surface area contributed by atoms with Gasteiger partial charge in [0.1, 0.15) is 11.6 Å². The van der Waals surface area contributed by atoms with Gasteiger partial charge in [0.2, 0.25) is 0 Å². The molecule has 6 heteroatoms. The molecule has 1 N–H and O–H groups in total. The number of likely N-dealkylation sites (tertiary alicyclic amines) is 1. The summed E-state index contributed by atoms with van der Waals surface area (Å²) in [7, 11) is 1.78. The number of methoxy groups -OCH3 is 1. The second-order valence-electron chi connectivity index (χ2n) is 8.72. The van der Waals surface area contributed by atoms with E-state index in [2.05, 4.69) is 10.3 Å². The van der Waals surface area contributed by atoms with E-state index in [1.807, 2.05) is 41.3 Å². The van der Waals surface area contributed by atoms with Crippen molar-refractivity contribution >= 4 is 11.7 Å². The number of nitrogens with one attached hydrogen (secondary N) is 1. The van der Waals surface area contributed by atoms with Crippen LogP contribution in [0.25, 0.3) is 0 Å². The van der Waals surface area contributed by atoms with Gasteiger partial charge in [0, 0.05) is 32.0 Å². The second kappa shape index (κ2) is 8.26. The summed E-state index contributed by atoms with van der Waals surface area (Å²) in [6.45, 7) is 2.39. The Labute approximate surface area is 177 Å². The number of hydrogen-bond donors (Lipinski definition) is 1. The molecule has 3 heterocycles. The summed E-state index contributed by atoms with van der Waals surface area (Å²) in [6.07, 6.45) is 5.88. The van der Waals surface area contributed by atoms with E-state index in [0.29, 0.717) is 11.8 Å². The predicted molar refractivity (Wildman–Crippen MR) is 115 cm³/mol. The molecule has 0 spiro atoms. The van der Waals surface area contributed by atoms with Crippen LogP contribution in [-0.2, 0) is 11.2 Å². The van der Waals surface area contributed by atoms with Crippen molar-refractivity contribution in [3.63, 3.8) is 0 Å². The molecular formula is C24H29N3O3. The monoisotopic (exact) mass is 407 g/mol. The number of anilines is 1. The van der Waals surface area contributed by atoms with Crippen molar-refractivity contribution in [1.82, 2.24) is 9.88 Å². The summed E-state index contributed by atoms with van der Waals surface area (Å²) in [5.41, 5.74) is 1.94. The number of ether oxygens (including phenoxy) is 2. The van der Waals surface area contributed by atoms with Crippen molar-refractivity contribution in [3.8, 4) is 5.75 Å². The Hall–Kier alpha value is -2.60. The topological polar surface area (TPSA) is 63.7 Å². The maximum atomic E-state index is 13.2. The number of fused-ring (bicyclic) bond motifs is 2. The minimum Gasteiger partial charge on any atom is -0.493 e. The Kier molecular flexibility index (Phi) is 5.34. The largest absolute Gasteiger partial charge is 0.493 e. The van der Waals surface area contributed by atoms with Gasteiger partial charge >= 0.3 is 0 Å². The third kappa shape index (κ3) is 3.76. The molecule has 3 aliphatic rings. The maximum absolute atomic E-state index is 13.2. The van der Waals surface area contributed by atoms with Gasteiger partial charge < -0.3 is 19.7 Å². The van der Waals surface area contributed by atoms with Crippen molar-refractivity contribution in [2.75, 3.05) is 32.1 Å². The lowest BCUT2D eigenvalue weighted by Gasteiger charge is -2.37. The third-order valence-corrected chi connectivity index (χ3v) is 6.86. The highest BCUT2D eigenvalue weighted by Crippen LogP contribution is 2.39. The summed E-state index contributed by atoms with van der Waals surface area (Å²) in [5, 5.41) is 3.55. The molecule has 2 aliphatic heterocycles. The van der Waals surface area contributed by atoms with Crippen molar-refractivity contribution in [3.05, 3.63) is 53.7 Å². The molecule has 0 unspecified atom stereocenters. The molecule has 1 amide bonds. The molecule has 30 heavy (non-hydrogen) atoms. The molecule has 2 aromatic rings. The SMILES string of the molecule is CO[C@@H]1C[C@H]2CN(C(=O)c3ccc4c(c3)CCCO4)C[C@H]2C[C@H]1Nc1ccccn1. The minimum absolute atomic E-state index is 0.129. The van der Waals surface area contributed by atoms with Crippen LogP contribution in [0, 0.1) is 11.8 Å². The van der Waals surface area contributed by atoms with Crippen LogP contribution >= 0.6 is 0 Å². The first-order chi connectivity index (χ1) is 14.7. The molecule has 158 valence electrons. The highest BCUT2D eigenvalue weighted by molar-refractivity contribution is 5.94. The zero-order chi connectivity index (χ0) is 20.5. The summed E-state index contributed by atoms with van der Waals surface area (Å²) in [6, 6.07) is 12.0. The summed E-state index contributed by atoms with van der Waals surface area (Å²) in [5.74, 6) is 2.93. The Morgan fingerprint density at radius 1 is 1.20 bits per heavy atom. The van der Waals surface area contributed by atoms with Crippen LogP contribution in [0.2, 0.25) is 0 Å². The van der Waals surface area contributed by atoms with E-state index < -0.39 is 0 Å². The molecule has 0 bridgehead atoms. The Morgan fingerprint density at radius 3 is 2.87 bits per heavy atom. The van der Waals surface area contributed by atoms with Crippen LogP contribution in [0.4, 0.5) is 5.82 Å². The zero-order valence-corrected chi connectivity index (χ0v) is 17.4. The Morgan fingerprint density at radius 2 is 2.07 bits per heavy atom. The third-order valence-electron chi connectivity index (χ3n) is 6.86. The normalized spacial score (nSPS) is 27.7. The van der Waals surface area contributed by atoms with Gasteiger partial charge in [0.05, 0.1) is 18.8 Å². The molecule has 5 rings (SSSR count). The second-order valence-corrected chi connectivity index (χ2v) is 8.72. The number of nitrogens with zero attached hydrogens (tertiary/aromatic N) is 2. The lowest BCUT2D eigenvalue weighted by Crippen LogP contribution is -2.44. The first-order valence-electron chi connectivity index (χ1n) is 11.0. The predicted octanol–water partition coefficient (Wildman–Crippen LogP) is 3.38. The molecule has 1 saturated carbocycles. The number of amides is 1. The van der Waals surface area contributed by atoms with Crippen molar-refractivity contribution in [2.24, 2.45) is 11.8 Å². The number of aromatic nitrogens is 1. The summed E-state index contributed by atoms with van der Waals surface area (Å²) >= 11 is 0. The van der Waals surface area contributed by atoms with Gasteiger partial charge in [-0.15, -0.1) is 0 Å². The molecule has 2 fully saturated rings. The molecule has 0 radical (unpaired) electrons. The first kappa shape index (κ1) is 19.4. The number of hydrogen-bond acceptors (Lipinski definition) is 5. The molecular weight excluding hydrogens is 378 g/mol. The minimum atomic E-state index is 0.129. The molecule has 1 saturated heterocycles. The molecule has 1 aromatic heterocycles. The van der Waals surface area contributed by atoms with Crippen molar-refractivity contribution < 1.29 is 14.3 Å². The van der Waals surface area contributed by atoms with E-state index in [4.69, 9.17) is 9.47 Å². The van der Waals surface area contributed by atoms with Gasteiger partial charge in [0.15, 0.2) is 0 Å². The van der Waals surface area contributed by atoms with Crippen LogP contribution in [0.1, 0.15) is 35.2 Å². The van der Waals surface area contributed by atoms with E-state index in [9.17, 15) is 4.79 Å². The van der Waals surface area contributed by atoms with Gasteiger partial charge in [-0.05, 0) is 73.4 Å². The molecule has 1 aliphatic carbocycles. The average Bonchev–Trinajstić information content (AvgIpc) is 3.21. The highest BCUT2D eigenvalue weighted by Gasteiger charge is 2.44. The lowest BCUT2D eigenvalue weighted by molar-refractivity contribution is 0.0304. The van der Waals surface area contributed by atoms with E-state index in [1.165, 1.54) is 0 Å². The number of rotatable bonds is 4. The van der Waals surface area contributed by atoms with Gasteiger partial charge in [-0.25, -0.2) is 4.98 Å². The number of benzene rings is 1. The van der Waals surface area contributed by atoms with Gasteiger partial charge in [-0.2, -0.15) is 0 Å². The lowest BCUT2D eigenvalue weighted by atomic mass is 9.77. The van der Waals surface area contributed by atoms with Crippen LogP contribution in [-0.4, -0.2) is 54.7 Å².